The third kappa shape index (κ3) is 2.06. The Hall–Kier alpha value is -1.83. The van der Waals surface area contributed by atoms with Crippen molar-refractivity contribution < 1.29 is 4.74 Å². The van der Waals surface area contributed by atoms with Gasteiger partial charge < -0.3 is 4.74 Å². The summed E-state index contributed by atoms with van der Waals surface area (Å²) in [5, 5.41) is 0. The second-order valence-corrected chi connectivity index (χ2v) is 3.53. The monoisotopic (exact) mass is 212 g/mol. The summed E-state index contributed by atoms with van der Waals surface area (Å²) < 4.78 is 5.53. The van der Waals surface area contributed by atoms with Crippen molar-refractivity contribution in [1.29, 1.82) is 0 Å². The van der Waals surface area contributed by atoms with Crippen LogP contribution in [0.5, 0.6) is 5.75 Å². The normalized spacial score (nSPS) is 10.1. The van der Waals surface area contributed by atoms with E-state index in [4.69, 9.17) is 4.74 Å². The van der Waals surface area contributed by atoms with E-state index in [9.17, 15) is 0 Å². The molecule has 0 saturated carbocycles. The van der Waals surface area contributed by atoms with Gasteiger partial charge in [0.15, 0.2) is 0 Å². The number of hydrogen-bond acceptors (Lipinski definition) is 2. The molecular weight excluding hydrogens is 198 g/mol. The van der Waals surface area contributed by atoms with Crippen molar-refractivity contribution in [2.75, 3.05) is 6.61 Å². The van der Waals surface area contributed by atoms with E-state index < -0.39 is 0 Å². The van der Waals surface area contributed by atoms with Gasteiger partial charge >= 0.3 is 0 Å². The highest BCUT2D eigenvalue weighted by atomic mass is 16.5. The molecule has 16 heavy (non-hydrogen) atoms. The van der Waals surface area contributed by atoms with E-state index in [1.54, 1.807) is 6.20 Å². The molecule has 0 unspecified atom stereocenters. The molecule has 0 bridgehead atoms. The average Bonchev–Trinajstić information content (AvgIpc) is 2.33. The van der Waals surface area contributed by atoms with Crippen LogP contribution in [-0.2, 0) is 0 Å². The summed E-state index contributed by atoms with van der Waals surface area (Å²) in [6.45, 7) is 4.69. The molecule has 0 fully saturated rings. The van der Waals surface area contributed by atoms with Gasteiger partial charge in [-0.25, -0.2) is 0 Å². The fourth-order valence-electron chi connectivity index (χ4n) is 1.66. The van der Waals surface area contributed by atoms with Gasteiger partial charge in [-0.05, 0) is 25.5 Å². The third-order valence-electron chi connectivity index (χ3n) is 2.50. The molecule has 0 aliphatic rings. The number of hydrogen-bond donors (Lipinski definition) is 0. The Balaban J connectivity index is 2.46. The van der Waals surface area contributed by atoms with Gasteiger partial charge in [-0.3, -0.25) is 4.98 Å². The van der Waals surface area contributed by atoms with Crippen molar-refractivity contribution in [3.8, 4) is 16.9 Å². The minimum Gasteiger partial charge on any atom is -0.492 e. The summed E-state index contributed by atoms with van der Waals surface area (Å²) in [5.74, 6) is 0.854. The Morgan fingerprint density at radius 3 is 2.69 bits per heavy atom. The van der Waals surface area contributed by atoms with Crippen molar-refractivity contribution in [3.63, 3.8) is 0 Å². The largest absolute Gasteiger partial charge is 0.492 e. The van der Waals surface area contributed by atoms with Crippen molar-refractivity contribution in [3.05, 3.63) is 48.3 Å². The summed E-state index contributed by atoms with van der Waals surface area (Å²) in [4.78, 5) is 4.21. The van der Waals surface area contributed by atoms with E-state index in [2.05, 4.69) is 18.0 Å². The van der Waals surface area contributed by atoms with Crippen LogP contribution >= 0.6 is 0 Å². The van der Waals surface area contributed by atoms with Gasteiger partial charge in [0, 0.05) is 17.3 Å². The number of pyridine rings is 1. The first kappa shape index (κ1) is 10.7. The van der Waals surface area contributed by atoms with Crippen molar-refractivity contribution in [1.82, 2.24) is 4.98 Å². The highest BCUT2D eigenvalue weighted by Gasteiger charge is 2.06. The number of rotatable bonds is 3. The first-order valence-corrected chi connectivity index (χ1v) is 5.37. The van der Waals surface area contributed by atoms with Crippen LogP contribution in [0.25, 0.3) is 11.1 Å². The van der Waals surface area contributed by atoms with Crippen LogP contribution in [0.4, 0.5) is 0 Å². The van der Waals surface area contributed by atoms with Crippen LogP contribution in [0.15, 0.2) is 36.7 Å². The summed E-state index contributed by atoms with van der Waals surface area (Å²) in [7, 11) is 0. The Morgan fingerprint density at radius 2 is 2.00 bits per heavy atom. The molecule has 0 atom stereocenters. The maximum Gasteiger partial charge on any atom is 0.141 e. The molecule has 1 aromatic heterocycles. The molecule has 0 amide bonds. The second kappa shape index (κ2) is 4.79. The van der Waals surface area contributed by atoms with Crippen molar-refractivity contribution in [2.24, 2.45) is 0 Å². The van der Waals surface area contributed by atoms with E-state index in [1.165, 1.54) is 0 Å². The number of benzene rings is 1. The highest BCUT2D eigenvalue weighted by Crippen LogP contribution is 2.28. The maximum absolute atomic E-state index is 5.53. The first-order chi connectivity index (χ1) is 7.83. The molecule has 1 heterocycles. The minimum atomic E-state index is 0.661. The molecule has 0 N–H and O–H groups in total. The summed E-state index contributed by atoms with van der Waals surface area (Å²) in [5.41, 5.74) is 3.38. The second-order valence-electron chi connectivity index (χ2n) is 3.53. The molecule has 1 aromatic carbocycles. The molecule has 1 radical (unpaired) electrons. The molecule has 2 heteroatoms. The molecule has 2 rings (SSSR count). The lowest BCUT2D eigenvalue weighted by atomic mass is 10.0. The molecule has 2 aromatic rings. The SMILES string of the molecule is CCOc1cncc(-c2cc[c]cc2)c1C. The Labute approximate surface area is 95.9 Å². The lowest BCUT2D eigenvalue weighted by Crippen LogP contribution is -1.96. The van der Waals surface area contributed by atoms with Crippen molar-refractivity contribution in [2.45, 2.75) is 13.8 Å². The predicted octanol–water partition coefficient (Wildman–Crippen LogP) is 3.26. The van der Waals surface area contributed by atoms with Gasteiger partial charge in [0.2, 0.25) is 0 Å². The highest BCUT2D eigenvalue weighted by molar-refractivity contribution is 5.68. The molecule has 0 saturated heterocycles. The number of nitrogens with zero attached hydrogens (tertiary/aromatic N) is 1. The smallest absolute Gasteiger partial charge is 0.141 e. The van der Waals surface area contributed by atoms with E-state index in [0.29, 0.717) is 6.61 Å². The van der Waals surface area contributed by atoms with Gasteiger partial charge in [0.1, 0.15) is 5.75 Å². The molecular formula is C14H14NO. The van der Waals surface area contributed by atoms with Crippen LogP contribution in [0.1, 0.15) is 12.5 Å². The van der Waals surface area contributed by atoms with Crippen LogP contribution < -0.4 is 4.74 Å². The molecule has 0 spiro atoms. The van der Waals surface area contributed by atoms with Crippen LogP contribution in [-0.4, -0.2) is 11.6 Å². The molecule has 0 aliphatic carbocycles. The minimum absolute atomic E-state index is 0.661. The van der Waals surface area contributed by atoms with E-state index in [1.807, 2.05) is 37.4 Å². The van der Waals surface area contributed by atoms with Crippen LogP contribution in [0.3, 0.4) is 0 Å². The fraction of sp³-hybridized carbons (Fsp3) is 0.214. The van der Waals surface area contributed by atoms with Gasteiger partial charge in [-0.15, -0.1) is 0 Å². The van der Waals surface area contributed by atoms with Gasteiger partial charge in [0.05, 0.1) is 12.8 Å². The Kier molecular flexibility index (Phi) is 3.20. The molecule has 0 aliphatic heterocycles. The fourth-order valence-corrected chi connectivity index (χ4v) is 1.66. The third-order valence-corrected chi connectivity index (χ3v) is 2.50. The van der Waals surface area contributed by atoms with Gasteiger partial charge in [0.25, 0.3) is 0 Å². The maximum atomic E-state index is 5.53. The van der Waals surface area contributed by atoms with Gasteiger partial charge in [-0.2, -0.15) is 0 Å². The number of aromatic nitrogens is 1. The van der Waals surface area contributed by atoms with E-state index >= 15 is 0 Å². The average molecular weight is 212 g/mol. The lowest BCUT2D eigenvalue weighted by Gasteiger charge is -2.10. The van der Waals surface area contributed by atoms with Crippen LogP contribution in [0.2, 0.25) is 0 Å². The zero-order chi connectivity index (χ0) is 11.4. The Bertz CT molecular complexity index is 465. The Morgan fingerprint density at radius 1 is 1.25 bits per heavy atom. The topological polar surface area (TPSA) is 22.1 Å². The first-order valence-electron chi connectivity index (χ1n) is 5.37. The summed E-state index contributed by atoms with van der Waals surface area (Å²) in [6, 6.07) is 10.9. The quantitative estimate of drug-likeness (QED) is 0.779. The van der Waals surface area contributed by atoms with E-state index in [0.717, 1.165) is 22.4 Å². The van der Waals surface area contributed by atoms with E-state index in [-0.39, 0.29) is 0 Å². The predicted molar refractivity (Wildman–Crippen MR) is 64.4 cm³/mol. The molecule has 2 nitrogen and oxygen atoms in total. The zero-order valence-corrected chi connectivity index (χ0v) is 9.53. The van der Waals surface area contributed by atoms with Crippen molar-refractivity contribution >= 4 is 0 Å². The standard InChI is InChI=1S/C14H14NO/c1-3-16-14-10-15-9-13(11(14)2)12-7-5-4-6-8-12/h5-10H,3H2,1-2H3. The van der Waals surface area contributed by atoms with Crippen LogP contribution in [0, 0.1) is 13.0 Å². The lowest BCUT2D eigenvalue weighted by molar-refractivity contribution is 0.336. The summed E-state index contributed by atoms with van der Waals surface area (Å²) >= 11 is 0. The zero-order valence-electron chi connectivity index (χ0n) is 9.53. The number of ether oxygens (including phenoxy) is 1. The molecule has 81 valence electrons. The van der Waals surface area contributed by atoms with Gasteiger partial charge in [-0.1, -0.05) is 24.3 Å². The summed E-state index contributed by atoms with van der Waals surface area (Å²) in [6.07, 6.45) is 3.63.